The molecule has 1 N–H and O–H groups in total. The van der Waals surface area contributed by atoms with Gasteiger partial charge in [0.2, 0.25) is 0 Å². The molecule has 0 spiro atoms. The average molecular weight is 251 g/mol. The van der Waals surface area contributed by atoms with Crippen LogP contribution in [0.15, 0.2) is 30.0 Å². The minimum atomic E-state index is -0.681. The van der Waals surface area contributed by atoms with E-state index in [4.69, 9.17) is 16.9 Å². The van der Waals surface area contributed by atoms with E-state index in [2.05, 4.69) is 10.1 Å². The first-order valence-electron chi connectivity index (χ1n) is 4.80. The van der Waals surface area contributed by atoms with Gasteiger partial charge in [-0.2, -0.15) is 5.26 Å². The van der Waals surface area contributed by atoms with Gasteiger partial charge < -0.3 is 10.1 Å². The molecule has 1 aromatic carbocycles. The van der Waals surface area contributed by atoms with Crippen LogP contribution in [0.2, 0.25) is 5.02 Å². The predicted octanol–water partition coefficient (Wildman–Crippen LogP) is 2.64. The van der Waals surface area contributed by atoms with Gasteiger partial charge in [0.25, 0.3) is 0 Å². The highest BCUT2D eigenvalue weighted by Gasteiger charge is 2.08. The quantitative estimate of drug-likeness (QED) is 0.509. The number of nitriles is 1. The van der Waals surface area contributed by atoms with Gasteiger partial charge in [-0.1, -0.05) is 17.7 Å². The Balaban J connectivity index is 2.93. The summed E-state index contributed by atoms with van der Waals surface area (Å²) in [5.41, 5.74) is 1.47. The van der Waals surface area contributed by atoms with E-state index in [1.54, 1.807) is 24.3 Å². The number of esters is 1. The Morgan fingerprint density at radius 3 is 2.88 bits per heavy atom. The minimum Gasteiger partial charge on any atom is -0.465 e. The highest BCUT2D eigenvalue weighted by Crippen LogP contribution is 2.23. The molecule has 0 bridgehead atoms. The van der Waals surface area contributed by atoms with Gasteiger partial charge in [0, 0.05) is 16.9 Å². The van der Waals surface area contributed by atoms with Crippen molar-refractivity contribution in [1.29, 1.82) is 5.26 Å². The summed E-state index contributed by atoms with van der Waals surface area (Å²) < 4.78 is 4.45. The lowest BCUT2D eigenvalue weighted by Gasteiger charge is -2.07. The van der Waals surface area contributed by atoms with Gasteiger partial charge >= 0.3 is 5.97 Å². The first kappa shape index (κ1) is 13.1. The molecule has 0 amide bonds. The minimum absolute atomic E-state index is 0.105. The number of hydrogen-bond acceptors (Lipinski definition) is 4. The average Bonchev–Trinajstić information content (AvgIpc) is 2.34. The molecule has 4 nitrogen and oxygen atoms in total. The largest absolute Gasteiger partial charge is 0.465 e. The summed E-state index contributed by atoms with van der Waals surface area (Å²) in [6, 6.07) is 7.08. The molecule has 0 aliphatic heterocycles. The second kappa shape index (κ2) is 5.92. The van der Waals surface area contributed by atoms with E-state index in [0.29, 0.717) is 5.02 Å². The Morgan fingerprint density at radius 2 is 2.29 bits per heavy atom. The first-order valence-corrected chi connectivity index (χ1v) is 5.18. The van der Waals surface area contributed by atoms with Crippen LogP contribution in [-0.2, 0) is 9.53 Å². The number of carbonyl (C=O) groups is 1. The molecule has 1 aromatic rings. The van der Waals surface area contributed by atoms with E-state index in [0.717, 1.165) is 11.3 Å². The molecular weight excluding hydrogens is 240 g/mol. The van der Waals surface area contributed by atoms with Gasteiger partial charge in [0.15, 0.2) is 5.57 Å². The molecule has 5 heteroatoms. The number of rotatable bonds is 3. The van der Waals surface area contributed by atoms with Crippen LogP contribution in [0.25, 0.3) is 0 Å². The summed E-state index contributed by atoms with van der Waals surface area (Å²) in [4.78, 5) is 11.1. The Labute approximate surface area is 104 Å². The maximum absolute atomic E-state index is 11.1. The Bertz CT molecular complexity index is 504. The van der Waals surface area contributed by atoms with Crippen molar-refractivity contribution in [2.24, 2.45) is 0 Å². The van der Waals surface area contributed by atoms with E-state index in [1.165, 1.54) is 13.3 Å². The van der Waals surface area contributed by atoms with Crippen molar-refractivity contribution in [2.75, 3.05) is 12.4 Å². The lowest BCUT2D eigenvalue weighted by atomic mass is 10.2. The molecule has 0 unspecified atom stereocenters. The van der Waals surface area contributed by atoms with Gasteiger partial charge in [-0.05, 0) is 24.6 Å². The molecule has 17 heavy (non-hydrogen) atoms. The van der Waals surface area contributed by atoms with Crippen molar-refractivity contribution in [3.63, 3.8) is 0 Å². The van der Waals surface area contributed by atoms with Crippen LogP contribution in [0.1, 0.15) is 5.56 Å². The predicted molar refractivity (Wildman–Crippen MR) is 65.5 cm³/mol. The summed E-state index contributed by atoms with van der Waals surface area (Å²) in [6.45, 7) is 1.84. The molecule has 0 saturated carbocycles. The summed E-state index contributed by atoms with van der Waals surface area (Å²) in [5, 5.41) is 12.2. The van der Waals surface area contributed by atoms with Crippen LogP contribution in [0.3, 0.4) is 0 Å². The van der Waals surface area contributed by atoms with Crippen LogP contribution >= 0.6 is 11.6 Å². The highest BCUT2D eigenvalue weighted by molar-refractivity contribution is 6.31. The van der Waals surface area contributed by atoms with Gasteiger partial charge in [-0.15, -0.1) is 0 Å². The van der Waals surface area contributed by atoms with Gasteiger partial charge in [0.05, 0.1) is 7.11 Å². The number of carbonyl (C=O) groups excluding carboxylic acids is 1. The van der Waals surface area contributed by atoms with Crippen molar-refractivity contribution < 1.29 is 9.53 Å². The molecule has 1 rings (SSSR count). The lowest BCUT2D eigenvalue weighted by Crippen LogP contribution is -2.05. The number of nitrogens with zero attached hydrogens (tertiary/aromatic N) is 1. The molecule has 0 saturated heterocycles. The Morgan fingerprint density at radius 1 is 1.59 bits per heavy atom. The highest BCUT2D eigenvalue weighted by atomic mass is 35.5. The van der Waals surface area contributed by atoms with Crippen LogP contribution < -0.4 is 5.32 Å². The van der Waals surface area contributed by atoms with Crippen molar-refractivity contribution >= 4 is 23.3 Å². The topological polar surface area (TPSA) is 62.1 Å². The lowest BCUT2D eigenvalue weighted by molar-refractivity contribution is -0.135. The second-order valence-corrected chi connectivity index (χ2v) is 3.63. The third-order valence-corrected chi connectivity index (χ3v) is 2.57. The standard InChI is InChI=1S/C12H11ClN2O2/c1-8-10(13)4-3-5-11(8)15-7-9(6-14)12(16)17-2/h3-5,7,15H,1-2H3/b9-7+. The fourth-order valence-corrected chi connectivity index (χ4v) is 1.34. The van der Waals surface area contributed by atoms with E-state index < -0.39 is 5.97 Å². The van der Waals surface area contributed by atoms with Gasteiger partial charge in [-0.3, -0.25) is 0 Å². The molecule has 0 aliphatic rings. The molecule has 0 fully saturated rings. The van der Waals surface area contributed by atoms with Crippen molar-refractivity contribution in [1.82, 2.24) is 0 Å². The smallest absolute Gasteiger partial charge is 0.350 e. The normalized spacial score (nSPS) is 10.6. The zero-order chi connectivity index (χ0) is 12.8. The maximum atomic E-state index is 11.1. The van der Waals surface area contributed by atoms with Crippen molar-refractivity contribution in [3.05, 3.63) is 40.6 Å². The van der Waals surface area contributed by atoms with Crippen LogP contribution in [0.4, 0.5) is 5.69 Å². The fourth-order valence-electron chi connectivity index (χ4n) is 1.16. The van der Waals surface area contributed by atoms with Gasteiger partial charge in [0.1, 0.15) is 6.07 Å². The van der Waals surface area contributed by atoms with E-state index in [1.807, 2.05) is 6.92 Å². The van der Waals surface area contributed by atoms with E-state index >= 15 is 0 Å². The third kappa shape index (κ3) is 3.23. The summed E-state index contributed by atoms with van der Waals surface area (Å²) in [6.07, 6.45) is 1.30. The Kier molecular flexibility index (Phi) is 4.56. The SMILES string of the molecule is COC(=O)/C(C#N)=C/Nc1cccc(Cl)c1C. The molecule has 0 radical (unpaired) electrons. The number of ether oxygens (including phenoxy) is 1. The van der Waals surface area contributed by atoms with Crippen LogP contribution in [0, 0.1) is 18.3 Å². The van der Waals surface area contributed by atoms with Gasteiger partial charge in [-0.25, -0.2) is 4.79 Å². The number of anilines is 1. The molecule has 0 atom stereocenters. The molecule has 88 valence electrons. The molecular formula is C12H11ClN2O2. The number of methoxy groups -OCH3 is 1. The number of benzene rings is 1. The summed E-state index contributed by atoms with van der Waals surface area (Å²) in [7, 11) is 1.22. The Hall–Kier alpha value is -1.99. The van der Waals surface area contributed by atoms with Crippen LogP contribution in [0.5, 0.6) is 0 Å². The second-order valence-electron chi connectivity index (χ2n) is 3.22. The van der Waals surface area contributed by atoms with Crippen molar-refractivity contribution in [3.8, 4) is 6.07 Å². The monoisotopic (exact) mass is 250 g/mol. The van der Waals surface area contributed by atoms with E-state index in [-0.39, 0.29) is 5.57 Å². The fraction of sp³-hybridized carbons (Fsp3) is 0.167. The zero-order valence-electron chi connectivity index (χ0n) is 9.45. The van der Waals surface area contributed by atoms with E-state index in [9.17, 15) is 4.79 Å². The van der Waals surface area contributed by atoms with Crippen molar-refractivity contribution in [2.45, 2.75) is 6.92 Å². The molecule has 0 aliphatic carbocycles. The number of nitrogens with one attached hydrogen (secondary N) is 1. The molecule has 0 heterocycles. The zero-order valence-corrected chi connectivity index (χ0v) is 10.2. The summed E-state index contributed by atoms with van der Waals surface area (Å²) >= 11 is 5.94. The number of hydrogen-bond donors (Lipinski definition) is 1. The third-order valence-electron chi connectivity index (χ3n) is 2.17. The maximum Gasteiger partial charge on any atom is 0.350 e. The number of halogens is 1. The van der Waals surface area contributed by atoms with Crippen LogP contribution in [-0.4, -0.2) is 13.1 Å². The molecule has 0 aromatic heterocycles. The summed E-state index contributed by atoms with van der Waals surface area (Å²) in [5.74, 6) is -0.681. The first-order chi connectivity index (χ1) is 8.10.